The van der Waals surface area contributed by atoms with E-state index in [1.165, 1.54) is 0 Å². The van der Waals surface area contributed by atoms with E-state index in [4.69, 9.17) is 0 Å². The first kappa shape index (κ1) is 10.8. The molecule has 1 aromatic carbocycles. The Bertz CT molecular complexity index is 619. The molecule has 0 unspecified atom stereocenters. The van der Waals surface area contributed by atoms with Crippen LogP contribution in [0.1, 0.15) is 10.4 Å². The van der Waals surface area contributed by atoms with Crippen molar-refractivity contribution in [1.29, 1.82) is 0 Å². The zero-order valence-corrected chi connectivity index (χ0v) is 9.64. The molecule has 0 spiro atoms. The molecule has 0 radical (unpaired) electrons. The maximum absolute atomic E-state index is 12.2. The number of fused-ring (bicyclic) bond motifs is 1. The first-order valence-electron chi connectivity index (χ1n) is 5.73. The second kappa shape index (κ2) is 4.14. The average Bonchev–Trinajstić information content (AvgIpc) is 2.85. The fraction of sp³-hybridized carbons (Fsp3) is 0.250. The standard InChI is InChI=1S/C12H12N4O2/c17-11-7-16(4-3-13-11)12(18)8-1-2-10-9(5-8)6-14-15-10/h1-2,5-6H,3-4,7H2,(H,13,17)(H,14,15). The second-order valence-corrected chi connectivity index (χ2v) is 4.25. The summed E-state index contributed by atoms with van der Waals surface area (Å²) in [6.45, 7) is 1.19. The number of piperazine rings is 1. The van der Waals surface area contributed by atoms with Gasteiger partial charge in [0.25, 0.3) is 5.91 Å². The Morgan fingerprint density at radius 1 is 1.39 bits per heavy atom. The number of amides is 2. The van der Waals surface area contributed by atoms with Crippen molar-refractivity contribution in [1.82, 2.24) is 20.4 Å². The van der Waals surface area contributed by atoms with E-state index >= 15 is 0 Å². The Labute approximate surface area is 103 Å². The number of aromatic nitrogens is 2. The van der Waals surface area contributed by atoms with Crippen LogP contribution < -0.4 is 5.32 Å². The van der Waals surface area contributed by atoms with E-state index in [0.717, 1.165) is 10.9 Å². The lowest BCUT2D eigenvalue weighted by molar-refractivity contribution is -0.123. The van der Waals surface area contributed by atoms with Gasteiger partial charge in [-0.15, -0.1) is 0 Å². The fourth-order valence-corrected chi connectivity index (χ4v) is 2.07. The number of nitrogens with one attached hydrogen (secondary N) is 2. The zero-order valence-electron chi connectivity index (χ0n) is 9.64. The third-order valence-electron chi connectivity index (χ3n) is 3.01. The van der Waals surface area contributed by atoms with Gasteiger partial charge >= 0.3 is 0 Å². The molecule has 2 N–H and O–H groups in total. The molecule has 2 heterocycles. The topological polar surface area (TPSA) is 78.1 Å². The predicted molar refractivity (Wildman–Crippen MR) is 65.0 cm³/mol. The monoisotopic (exact) mass is 244 g/mol. The van der Waals surface area contributed by atoms with Crippen LogP contribution in [0.5, 0.6) is 0 Å². The van der Waals surface area contributed by atoms with E-state index in [9.17, 15) is 9.59 Å². The molecule has 1 saturated heterocycles. The third kappa shape index (κ3) is 1.81. The summed E-state index contributed by atoms with van der Waals surface area (Å²) in [6.07, 6.45) is 1.68. The van der Waals surface area contributed by atoms with Crippen LogP contribution in [0.25, 0.3) is 10.9 Å². The Morgan fingerprint density at radius 3 is 3.11 bits per heavy atom. The maximum atomic E-state index is 12.2. The molecule has 2 amide bonds. The lowest BCUT2D eigenvalue weighted by Gasteiger charge is -2.26. The van der Waals surface area contributed by atoms with E-state index < -0.39 is 0 Å². The largest absolute Gasteiger partial charge is 0.353 e. The molecule has 0 aliphatic carbocycles. The van der Waals surface area contributed by atoms with Gasteiger partial charge in [0, 0.05) is 24.0 Å². The molecule has 0 saturated carbocycles. The maximum Gasteiger partial charge on any atom is 0.254 e. The van der Waals surface area contributed by atoms with Crippen molar-refractivity contribution in [2.24, 2.45) is 0 Å². The molecule has 1 aromatic heterocycles. The number of carbonyl (C=O) groups excluding carboxylic acids is 2. The normalized spacial score (nSPS) is 15.8. The number of carbonyl (C=O) groups is 2. The molecule has 92 valence electrons. The summed E-state index contributed by atoms with van der Waals surface area (Å²) in [5.41, 5.74) is 1.47. The first-order valence-corrected chi connectivity index (χ1v) is 5.73. The van der Waals surface area contributed by atoms with Crippen LogP contribution in [-0.4, -0.2) is 46.5 Å². The zero-order chi connectivity index (χ0) is 12.5. The highest BCUT2D eigenvalue weighted by molar-refractivity contribution is 5.99. The van der Waals surface area contributed by atoms with Gasteiger partial charge in [-0.1, -0.05) is 0 Å². The summed E-state index contributed by atoms with van der Waals surface area (Å²) in [5, 5.41) is 10.3. The first-order chi connectivity index (χ1) is 8.74. The van der Waals surface area contributed by atoms with Crippen molar-refractivity contribution in [3.8, 4) is 0 Å². The summed E-state index contributed by atoms with van der Waals surface area (Å²) < 4.78 is 0. The number of hydrogen-bond acceptors (Lipinski definition) is 3. The molecule has 0 bridgehead atoms. The minimum Gasteiger partial charge on any atom is -0.353 e. The number of nitrogens with zero attached hydrogens (tertiary/aromatic N) is 2. The van der Waals surface area contributed by atoms with Gasteiger partial charge in [0.2, 0.25) is 5.91 Å². The van der Waals surface area contributed by atoms with Crippen molar-refractivity contribution in [2.75, 3.05) is 19.6 Å². The summed E-state index contributed by atoms with van der Waals surface area (Å²) in [6, 6.07) is 5.35. The molecule has 1 aliphatic heterocycles. The lowest BCUT2D eigenvalue weighted by Crippen LogP contribution is -2.49. The summed E-state index contributed by atoms with van der Waals surface area (Å²) >= 11 is 0. The average molecular weight is 244 g/mol. The molecule has 1 fully saturated rings. The lowest BCUT2D eigenvalue weighted by atomic mass is 10.1. The van der Waals surface area contributed by atoms with Crippen molar-refractivity contribution in [3.63, 3.8) is 0 Å². The number of H-pyrrole nitrogens is 1. The Kier molecular flexibility index (Phi) is 2.47. The molecule has 0 atom stereocenters. The Balaban J connectivity index is 1.88. The van der Waals surface area contributed by atoms with Crippen molar-refractivity contribution in [3.05, 3.63) is 30.0 Å². The Hall–Kier alpha value is -2.37. The van der Waals surface area contributed by atoms with Gasteiger partial charge in [-0.05, 0) is 18.2 Å². The molecule has 3 rings (SSSR count). The van der Waals surface area contributed by atoms with Crippen LogP contribution in [0.15, 0.2) is 24.4 Å². The molecule has 2 aromatic rings. The minimum atomic E-state index is -0.118. The molecule has 6 heteroatoms. The molecule has 1 aliphatic rings. The fourth-order valence-electron chi connectivity index (χ4n) is 2.07. The SMILES string of the molecule is O=C1CN(C(=O)c2ccc3[nH]ncc3c2)CCN1. The van der Waals surface area contributed by atoms with Gasteiger partial charge < -0.3 is 10.2 Å². The highest BCUT2D eigenvalue weighted by atomic mass is 16.2. The van der Waals surface area contributed by atoms with E-state index in [2.05, 4.69) is 15.5 Å². The van der Waals surface area contributed by atoms with Gasteiger partial charge in [-0.2, -0.15) is 5.10 Å². The van der Waals surface area contributed by atoms with Crippen LogP contribution in [0.4, 0.5) is 0 Å². The number of benzene rings is 1. The van der Waals surface area contributed by atoms with Crippen LogP contribution in [0, 0.1) is 0 Å². The Morgan fingerprint density at radius 2 is 2.28 bits per heavy atom. The van der Waals surface area contributed by atoms with Gasteiger partial charge in [0.05, 0.1) is 18.3 Å². The van der Waals surface area contributed by atoms with Crippen LogP contribution in [0.3, 0.4) is 0 Å². The van der Waals surface area contributed by atoms with Gasteiger partial charge in [-0.25, -0.2) is 0 Å². The van der Waals surface area contributed by atoms with Crippen LogP contribution in [0.2, 0.25) is 0 Å². The third-order valence-corrected chi connectivity index (χ3v) is 3.01. The molecule has 6 nitrogen and oxygen atoms in total. The summed E-state index contributed by atoms with van der Waals surface area (Å²) in [5.74, 6) is -0.230. The minimum absolute atomic E-state index is 0.112. The van der Waals surface area contributed by atoms with Gasteiger partial charge in [0.15, 0.2) is 0 Å². The number of rotatable bonds is 1. The van der Waals surface area contributed by atoms with E-state index in [1.807, 2.05) is 6.07 Å². The van der Waals surface area contributed by atoms with Gasteiger partial charge in [-0.3, -0.25) is 14.7 Å². The summed E-state index contributed by atoms with van der Waals surface area (Å²) in [4.78, 5) is 25.0. The predicted octanol–water partition coefficient (Wildman–Crippen LogP) is 0.135. The number of hydrogen-bond donors (Lipinski definition) is 2. The quantitative estimate of drug-likeness (QED) is 0.748. The van der Waals surface area contributed by atoms with Crippen molar-refractivity contribution >= 4 is 22.7 Å². The summed E-state index contributed by atoms with van der Waals surface area (Å²) in [7, 11) is 0. The van der Waals surface area contributed by atoms with E-state index in [1.54, 1.807) is 23.2 Å². The van der Waals surface area contributed by atoms with Crippen molar-refractivity contribution in [2.45, 2.75) is 0 Å². The highest BCUT2D eigenvalue weighted by Gasteiger charge is 2.22. The molecular weight excluding hydrogens is 232 g/mol. The van der Waals surface area contributed by atoms with Crippen molar-refractivity contribution < 1.29 is 9.59 Å². The number of aromatic amines is 1. The molecule has 18 heavy (non-hydrogen) atoms. The molecular formula is C12H12N4O2. The smallest absolute Gasteiger partial charge is 0.254 e. The second-order valence-electron chi connectivity index (χ2n) is 4.25. The van der Waals surface area contributed by atoms with E-state index in [0.29, 0.717) is 18.7 Å². The van der Waals surface area contributed by atoms with Gasteiger partial charge in [0.1, 0.15) is 0 Å². The highest BCUT2D eigenvalue weighted by Crippen LogP contribution is 2.14. The van der Waals surface area contributed by atoms with E-state index in [-0.39, 0.29) is 18.4 Å². The van der Waals surface area contributed by atoms with Crippen LogP contribution in [-0.2, 0) is 4.79 Å². The van der Waals surface area contributed by atoms with Crippen LogP contribution >= 0.6 is 0 Å².